The highest BCUT2D eigenvalue weighted by Crippen LogP contribution is 2.35. The summed E-state index contributed by atoms with van der Waals surface area (Å²) in [6.45, 7) is 1.53. The topological polar surface area (TPSA) is 128 Å². The summed E-state index contributed by atoms with van der Waals surface area (Å²) in [6.07, 6.45) is 0. The maximum absolute atomic E-state index is 12.9. The molecule has 12 heteroatoms. The molecule has 3 rings (SSSR count). The Hall–Kier alpha value is -3.47. The first-order chi connectivity index (χ1) is 15.6. The number of nitrogens with zero attached hydrogens (tertiary/aromatic N) is 1. The second kappa shape index (κ2) is 9.99. The van der Waals surface area contributed by atoms with E-state index in [4.69, 9.17) is 27.9 Å². The number of carbonyl (C=O) groups is 3. The van der Waals surface area contributed by atoms with Gasteiger partial charge in [-0.05, 0) is 36.8 Å². The van der Waals surface area contributed by atoms with E-state index in [1.54, 1.807) is 6.07 Å². The molecule has 0 radical (unpaired) electrons. The molecule has 2 N–H and O–H groups in total. The van der Waals surface area contributed by atoms with Gasteiger partial charge in [0, 0.05) is 22.7 Å². The highest BCUT2D eigenvalue weighted by molar-refractivity contribution is 7.19. The number of methoxy groups -OCH3 is 1. The quantitative estimate of drug-likeness (QED) is 0.255. The number of esters is 1. The second-order valence-corrected chi connectivity index (χ2v) is 8.46. The maximum atomic E-state index is 12.9. The van der Waals surface area contributed by atoms with Gasteiger partial charge in [-0.25, -0.2) is 4.79 Å². The van der Waals surface area contributed by atoms with E-state index in [9.17, 15) is 24.5 Å². The van der Waals surface area contributed by atoms with Crippen LogP contribution in [0.15, 0.2) is 42.5 Å². The minimum Gasteiger partial charge on any atom is -0.465 e. The van der Waals surface area contributed by atoms with Crippen molar-refractivity contribution in [2.75, 3.05) is 17.7 Å². The number of amides is 2. The van der Waals surface area contributed by atoms with Crippen molar-refractivity contribution in [3.8, 4) is 0 Å². The van der Waals surface area contributed by atoms with E-state index in [1.165, 1.54) is 37.3 Å². The second-order valence-electron chi connectivity index (χ2n) is 6.59. The number of ether oxygens (including phenoxy) is 1. The monoisotopic (exact) mass is 507 g/mol. The lowest BCUT2D eigenvalue weighted by atomic mass is 10.1. The van der Waals surface area contributed by atoms with Crippen LogP contribution < -0.4 is 10.6 Å². The lowest BCUT2D eigenvalue weighted by Gasteiger charge is -2.07. The zero-order valence-electron chi connectivity index (χ0n) is 17.1. The molecule has 1 aromatic heterocycles. The molecule has 0 fully saturated rings. The fourth-order valence-electron chi connectivity index (χ4n) is 2.87. The summed E-state index contributed by atoms with van der Waals surface area (Å²) in [5.41, 5.74) is 0.267. The highest BCUT2D eigenvalue weighted by atomic mass is 35.5. The lowest BCUT2D eigenvalue weighted by molar-refractivity contribution is -0.384. The predicted molar refractivity (Wildman–Crippen MR) is 126 cm³/mol. The Morgan fingerprint density at radius 2 is 1.79 bits per heavy atom. The summed E-state index contributed by atoms with van der Waals surface area (Å²) in [7, 11) is 1.16. The Morgan fingerprint density at radius 3 is 2.45 bits per heavy atom. The molecule has 0 unspecified atom stereocenters. The first-order valence-electron chi connectivity index (χ1n) is 9.16. The predicted octanol–water partition coefficient (Wildman–Crippen LogP) is 5.56. The molecule has 0 atom stereocenters. The fraction of sp³-hybridized carbons (Fsp3) is 0.0952. The molecule has 2 amide bonds. The van der Waals surface area contributed by atoms with E-state index in [0.29, 0.717) is 5.02 Å². The normalized spacial score (nSPS) is 10.4. The van der Waals surface area contributed by atoms with Crippen molar-refractivity contribution < 1.29 is 24.0 Å². The summed E-state index contributed by atoms with van der Waals surface area (Å²) in [5.74, 6) is -2.05. The molecule has 2 aromatic carbocycles. The van der Waals surface area contributed by atoms with Crippen LogP contribution in [0, 0.1) is 17.0 Å². The number of hydrogen-bond acceptors (Lipinski definition) is 7. The Labute approximate surface area is 201 Å². The molecule has 0 saturated carbocycles. The number of halogens is 2. The molecule has 1 heterocycles. The molecule has 0 bridgehead atoms. The first kappa shape index (κ1) is 24.2. The number of thiophene rings is 1. The smallest absolute Gasteiger partial charge is 0.341 e. The Balaban J connectivity index is 1.96. The zero-order chi connectivity index (χ0) is 24.3. The number of benzene rings is 2. The zero-order valence-corrected chi connectivity index (χ0v) is 19.4. The van der Waals surface area contributed by atoms with Crippen LogP contribution in [0.2, 0.25) is 10.0 Å². The van der Waals surface area contributed by atoms with Crippen molar-refractivity contribution in [1.82, 2.24) is 0 Å². The summed E-state index contributed by atoms with van der Waals surface area (Å²) >= 11 is 12.9. The van der Waals surface area contributed by atoms with Crippen LogP contribution in [0.3, 0.4) is 0 Å². The number of anilines is 2. The van der Waals surface area contributed by atoms with Crippen LogP contribution in [-0.2, 0) is 4.74 Å². The van der Waals surface area contributed by atoms with Crippen molar-refractivity contribution in [3.63, 3.8) is 0 Å². The van der Waals surface area contributed by atoms with Gasteiger partial charge in [-0.2, -0.15) is 0 Å². The van der Waals surface area contributed by atoms with Crippen LogP contribution in [0.1, 0.15) is 36.0 Å². The molecular formula is C21H15Cl2N3O6S. The van der Waals surface area contributed by atoms with Gasteiger partial charge in [0.05, 0.1) is 33.2 Å². The van der Waals surface area contributed by atoms with Crippen molar-refractivity contribution in [2.24, 2.45) is 0 Å². The third-order valence-electron chi connectivity index (χ3n) is 4.47. The Kier molecular flexibility index (Phi) is 7.32. The van der Waals surface area contributed by atoms with E-state index < -0.39 is 22.7 Å². The standard InChI is InChI=1S/C21H15Cl2N3O6S/c1-10-16(21(29)32-2)20(25-18(27)11-4-3-5-13(8-11)26(30)31)33-17(10)19(28)24-15-9-12(22)6-7-14(15)23/h3-9H,1-2H3,(H,24,28)(H,25,27). The summed E-state index contributed by atoms with van der Waals surface area (Å²) in [4.78, 5) is 48.5. The average molecular weight is 508 g/mol. The van der Waals surface area contributed by atoms with Crippen LogP contribution >= 0.6 is 34.5 Å². The largest absolute Gasteiger partial charge is 0.465 e. The van der Waals surface area contributed by atoms with E-state index in [1.807, 2.05) is 0 Å². The van der Waals surface area contributed by atoms with Gasteiger partial charge in [0.2, 0.25) is 0 Å². The summed E-state index contributed by atoms with van der Waals surface area (Å²) in [6, 6.07) is 9.64. The van der Waals surface area contributed by atoms with Gasteiger partial charge in [-0.15, -0.1) is 11.3 Å². The van der Waals surface area contributed by atoms with Gasteiger partial charge in [0.1, 0.15) is 5.00 Å². The molecule has 33 heavy (non-hydrogen) atoms. The van der Waals surface area contributed by atoms with E-state index in [0.717, 1.165) is 24.5 Å². The number of non-ortho nitro benzene ring substituents is 1. The number of nitrogens with one attached hydrogen (secondary N) is 2. The molecule has 0 spiro atoms. The van der Waals surface area contributed by atoms with Gasteiger partial charge in [-0.3, -0.25) is 19.7 Å². The minimum atomic E-state index is -0.766. The molecule has 3 aromatic rings. The molecule has 0 aliphatic carbocycles. The molecule has 170 valence electrons. The van der Waals surface area contributed by atoms with Gasteiger partial charge in [-0.1, -0.05) is 29.3 Å². The minimum absolute atomic E-state index is 0.00257. The fourth-order valence-corrected chi connectivity index (χ4v) is 4.30. The van der Waals surface area contributed by atoms with Crippen molar-refractivity contribution in [1.29, 1.82) is 0 Å². The van der Waals surface area contributed by atoms with Crippen LogP contribution in [0.4, 0.5) is 16.4 Å². The van der Waals surface area contributed by atoms with E-state index >= 15 is 0 Å². The summed E-state index contributed by atoms with van der Waals surface area (Å²) < 4.78 is 4.80. The van der Waals surface area contributed by atoms with Crippen molar-refractivity contribution in [2.45, 2.75) is 6.92 Å². The number of carbonyl (C=O) groups excluding carboxylic acids is 3. The molecule has 0 aliphatic heterocycles. The molecule has 9 nitrogen and oxygen atoms in total. The van der Waals surface area contributed by atoms with Crippen LogP contribution in [0.5, 0.6) is 0 Å². The maximum Gasteiger partial charge on any atom is 0.341 e. The lowest BCUT2D eigenvalue weighted by Crippen LogP contribution is -2.14. The van der Waals surface area contributed by atoms with Crippen molar-refractivity contribution >= 4 is 68.7 Å². The van der Waals surface area contributed by atoms with Crippen LogP contribution in [-0.4, -0.2) is 29.8 Å². The van der Waals surface area contributed by atoms with Gasteiger partial charge >= 0.3 is 5.97 Å². The molecule has 0 aliphatic rings. The average Bonchev–Trinajstić information content (AvgIpc) is 3.11. The summed E-state index contributed by atoms with van der Waals surface area (Å²) in [5, 5.41) is 16.8. The Bertz CT molecular complexity index is 1290. The van der Waals surface area contributed by atoms with Gasteiger partial charge < -0.3 is 15.4 Å². The third kappa shape index (κ3) is 5.30. The van der Waals surface area contributed by atoms with E-state index in [2.05, 4.69) is 10.6 Å². The Morgan fingerprint density at radius 1 is 1.06 bits per heavy atom. The number of nitro benzene ring substituents is 1. The van der Waals surface area contributed by atoms with Crippen LogP contribution in [0.25, 0.3) is 0 Å². The first-order valence-corrected chi connectivity index (χ1v) is 10.7. The highest BCUT2D eigenvalue weighted by Gasteiger charge is 2.27. The number of hydrogen-bond donors (Lipinski definition) is 2. The number of rotatable bonds is 6. The van der Waals surface area contributed by atoms with Gasteiger partial charge in [0.25, 0.3) is 17.5 Å². The third-order valence-corrected chi connectivity index (χ3v) is 6.24. The molecular weight excluding hydrogens is 493 g/mol. The SMILES string of the molecule is COC(=O)c1c(NC(=O)c2cccc([N+](=O)[O-])c2)sc(C(=O)Nc2cc(Cl)ccc2Cl)c1C. The molecule has 0 saturated heterocycles. The van der Waals surface area contributed by atoms with Gasteiger partial charge in [0.15, 0.2) is 0 Å². The van der Waals surface area contributed by atoms with E-state index in [-0.39, 0.29) is 43.0 Å². The van der Waals surface area contributed by atoms with Crippen molar-refractivity contribution in [3.05, 3.63) is 84.2 Å². The number of nitro groups is 1.